The molecule has 0 aromatic carbocycles. The zero-order valence-corrected chi connectivity index (χ0v) is 8.01. The minimum atomic E-state index is 0.240. The first kappa shape index (κ1) is 8.09. The van der Waals surface area contributed by atoms with Gasteiger partial charge >= 0.3 is 0 Å². The van der Waals surface area contributed by atoms with E-state index in [1.165, 1.54) is 5.56 Å². The van der Waals surface area contributed by atoms with Crippen LogP contribution < -0.4 is 0 Å². The number of hydrogen-bond donors (Lipinski definition) is 0. The first-order valence-corrected chi connectivity index (χ1v) is 4.50. The standard InChI is InChI=1S/C8H11ClS/c1-8(2,3)6-4-7(9)10-5-6/h4-5H,1-3H3. The molecule has 0 fully saturated rings. The van der Waals surface area contributed by atoms with Crippen LogP contribution in [0.15, 0.2) is 11.4 Å². The third-order valence-electron chi connectivity index (χ3n) is 1.43. The van der Waals surface area contributed by atoms with E-state index >= 15 is 0 Å². The van der Waals surface area contributed by atoms with Gasteiger partial charge in [0.1, 0.15) is 0 Å². The summed E-state index contributed by atoms with van der Waals surface area (Å²) in [5, 5.41) is 2.11. The molecule has 0 radical (unpaired) electrons. The molecule has 1 rings (SSSR count). The molecule has 0 aliphatic carbocycles. The highest BCUT2D eigenvalue weighted by Crippen LogP contribution is 2.29. The van der Waals surface area contributed by atoms with Crippen LogP contribution in [0.5, 0.6) is 0 Å². The number of hydrogen-bond acceptors (Lipinski definition) is 1. The predicted molar refractivity (Wildman–Crippen MR) is 48.0 cm³/mol. The van der Waals surface area contributed by atoms with E-state index in [0.29, 0.717) is 0 Å². The Morgan fingerprint density at radius 3 is 2.20 bits per heavy atom. The van der Waals surface area contributed by atoms with Crippen molar-refractivity contribution >= 4 is 22.9 Å². The van der Waals surface area contributed by atoms with E-state index in [2.05, 4.69) is 26.2 Å². The molecule has 0 saturated heterocycles. The van der Waals surface area contributed by atoms with Crippen molar-refractivity contribution in [2.24, 2.45) is 0 Å². The summed E-state index contributed by atoms with van der Waals surface area (Å²) in [7, 11) is 0. The fourth-order valence-corrected chi connectivity index (χ4v) is 1.81. The van der Waals surface area contributed by atoms with Gasteiger partial charge in [-0.25, -0.2) is 0 Å². The smallest absolute Gasteiger partial charge is 0.0931 e. The molecule has 56 valence electrons. The summed E-state index contributed by atoms with van der Waals surface area (Å²) in [4.78, 5) is 0. The van der Waals surface area contributed by atoms with E-state index in [0.717, 1.165) is 4.34 Å². The molecule has 10 heavy (non-hydrogen) atoms. The number of halogens is 1. The molecule has 0 aliphatic heterocycles. The van der Waals surface area contributed by atoms with Gasteiger partial charge in [-0.3, -0.25) is 0 Å². The molecule has 0 saturated carbocycles. The van der Waals surface area contributed by atoms with Crippen molar-refractivity contribution < 1.29 is 0 Å². The van der Waals surface area contributed by atoms with Gasteiger partial charge in [-0.05, 0) is 22.4 Å². The van der Waals surface area contributed by atoms with Crippen LogP contribution in [0.1, 0.15) is 26.3 Å². The summed E-state index contributed by atoms with van der Waals surface area (Å²) in [5.41, 5.74) is 1.56. The first-order valence-electron chi connectivity index (χ1n) is 3.24. The second-order valence-electron chi connectivity index (χ2n) is 3.39. The van der Waals surface area contributed by atoms with Crippen LogP contribution >= 0.6 is 22.9 Å². The summed E-state index contributed by atoms with van der Waals surface area (Å²) in [5.74, 6) is 0. The number of rotatable bonds is 0. The van der Waals surface area contributed by atoms with E-state index in [4.69, 9.17) is 11.6 Å². The van der Waals surface area contributed by atoms with Crippen molar-refractivity contribution in [1.82, 2.24) is 0 Å². The summed E-state index contributed by atoms with van der Waals surface area (Å²) < 4.78 is 0.880. The fourth-order valence-electron chi connectivity index (χ4n) is 0.703. The lowest BCUT2D eigenvalue weighted by atomic mass is 9.90. The van der Waals surface area contributed by atoms with Crippen LogP contribution in [0.4, 0.5) is 0 Å². The first-order chi connectivity index (χ1) is 4.50. The Morgan fingerprint density at radius 2 is 2.00 bits per heavy atom. The summed E-state index contributed by atoms with van der Waals surface area (Å²) in [6.45, 7) is 6.56. The van der Waals surface area contributed by atoms with Crippen LogP contribution in [0.3, 0.4) is 0 Å². The maximum absolute atomic E-state index is 5.78. The highest BCUT2D eigenvalue weighted by Gasteiger charge is 2.14. The summed E-state index contributed by atoms with van der Waals surface area (Å²) in [6, 6.07) is 2.03. The van der Waals surface area contributed by atoms with Gasteiger partial charge in [-0.1, -0.05) is 32.4 Å². The molecule has 1 aromatic heterocycles. The van der Waals surface area contributed by atoms with E-state index in [-0.39, 0.29) is 5.41 Å². The molecule has 0 spiro atoms. The van der Waals surface area contributed by atoms with Crippen LogP contribution in [-0.4, -0.2) is 0 Å². The molecular weight excluding hydrogens is 164 g/mol. The van der Waals surface area contributed by atoms with Crippen LogP contribution in [0.25, 0.3) is 0 Å². The van der Waals surface area contributed by atoms with Crippen molar-refractivity contribution in [2.75, 3.05) is 0 Å². The van der Waals surface area contributed by atoms with Gasteiger partial charge in [-0.2, -0.15) is 0 Å². The van der Waals surface area contributed by atoms with Crippen LogP contribution in [-0.2, 0) is 5.41 Å². The van der Waals surface area contributed by atoms with Crippen molar-refractivity contribution in [3.05, 3.63) is 21.3 Å². The normalized spacial score (nSPS) is 12.0. The minimum Gasteiger partial charge on any atom is -0.132 e. The fraction of sp³-hybridized carbons (Fsp3) is 0.500. The zero-order chi connectivity index (χ0) is 7.78. The topological polar surface area (TPSA) is 0 Å². The van der Waals surface area contributed by atoms with E-state index in [1.54, 1.807) is 11.3 Å². The van der Waals surface area contributed by atoms with Gasteiger partial charge in [0.05, 0.1) is 4.34 Å². The molecule has 1 heterocycles. The second kappa shape index (κ2) is 2.55. The molecule has 1 aromatic rings. The zero-order valence-electron chi connectivity index (χ0n) is 6.44. The Morgan fingerprint density at radius 1 is 1.40 bits per heavy atom. The molecule has 0 unspecified atom stereocenters. The largest absolute Gasteiger partial charge is 0.132 e. The average molecular weight is 175 g/mol. The molecule has 0 aliphatic rings. The molecular formula is C8H11ClS. The van der Waals surface area contributed by atoms with Crippen molar-refractivity contribution in [3.63, 3.8) is 0 Å². The highest BCUT2D eigenvalue weighted by molar-refractivity contribution is 7.14. The maximum atomic E-state index is 5.78. The predicted octanol–water partition coefficient (Wildman–Crippen LogP) is 3.70. The Balaban J connectivity index is 2.96. The molecule has 0 nitrogen and oxygen atoms in total. The van der Waals surface area contributed by atoms with Crippen molar-refractivity contribution in [3.8, 4) is 0 Å². The van der Waals surface area contributed by atoms with Crippen LogP contribution in [0, 0.1) is 0 Å². The Kier molecular flexibility index (Phi) is 2.07. The third kappa shape index (κ3) is 1.74. The van der Waals surface area contributed by atoms with Crippen LogP contribution in [0.2, 0.25) is 4.34 Å². The lowest BCUT2D eigenvalue weighted by molar-refractivity contribution is 0.593. The third-order valence-corrected chi connectivity index (χ3v) is 2.52. The quantitative estimate of drug-likeness (QED) is 0.563. The van der Waals surface area contributed by atoms with Gasteiger partial charge in [-0.15, -0.1) is 11.3 Å². The van der Waals surface area contributed by atoms with Gasteiger partial charge in [0, 0.05) is 0 Å². The summed E-state index contributed by atoms with van der Waals surface area (Å²) in [6.07, 6.45) is 0. The Bertz CT molecular complexity index is 219. The monoisotopic (exact) mass is 174 g/mol. The Hall–Kier alpha value is -0.0100. The lowest BCUT2D eigenvalue weighted by Crippen LogP contribution is -2.08. The van der Waals surface area contributed by atoms with E-state index in [9.17, 15) is 0 Å². The van der Waals surface area contributed by atoms with Gasteiger partial charge in [0.25, 0.3) is 0 Å². The van der Waals surface area contributed by atoms with Crippen molar-refractivity contribution in [1.29, 1.82) is 0 Å². The van der Waals surface area contributed by atoms with Crippen molar-refractivity contribution in [2.45, 2.75) is 26.2 Å². The molecule has 0 amide bonds. The molecule has 0 atom stereocenters. The second-order valence-corrected chi connectivity index (χ2v) is 4.93. The van der Waals surface area contributed by atoms with Gasteiger partial charge in [0.15, 0.2) is 0 Å². The lowest BCUT2D eigenvalue weighted by Gasteiger charge is -2.15. The van der Waals surface area contributed by atoms with E-state index < -0.39 is 0 Å². The molecule has 0 N–H and O–H groups in total. The highest BCUT2D eigenvalue weighted by atomic mass is 35.5. The summed E-state index contributed by atoms with van der Waals surface area (Å²) >= 11 is 7.38. The Labute approximate surface area is 70.8 Å². The average Bonchev–Trinajstić information content (AvgIpc) is 2.11. The molecule has 0 bridgehead atoms. The van der Waals surface area contributed by atoms with E-state index in [1.807, 2.05) is 6.07 Å². The molecule has 2 heteroatoms. The van der Waals surface area contributed by atoms with Gasteiger partial charge < -0.3 is 0 Å². The van der Waals surface area contributed by atoms with Gasteiger partial charge in [0.2, 0.25) is 0 Å². The maximum Gasteiger partial charge on any atom is 0.0931 e. The minimum absolute atomic E-state index is 0.240. The number of thiophene rings is 1. The SMILES string of the molecule is CC(C)(C)c1csc(Cl)c1.